The molecule has 5 nitrogen and oxygen atoms in total. The second kappa shape index (κ2) is 5.08. The summed E-state index contributed by atoms with van der Waals surface area (Å²) in [5.41, 5.74) is -0.840. The quantitative estimate of drug-likeness (QED) is 0.581. The van der Waals surface area contributed by atoms with Gasteiger partial charge in [-0.15, -0.1) is 0 Å². The van der Waals surface area contributed by atoms with Gasteiger partial charge in [-0.05, 0) is 49.4 Å². The van der Waals surface area contributed by atoms with E-state index in [0.717, 1.165) is 25.7 Å². The van der Waals surface area contributed by atoms with Crippen LogP contribution in [-0.4, -0.2) is 45.2 Å². The second-order valence-electron chi connectivity index (χ2n) is 9.71. The fraction of sp³-hybridized carbons (Fsp3) is 0.850. The zero-order valence-corrected chi connectivity index (χ0v) is 15.6. The van der Waals surface area contributed by atoms with Crippen LogP contribution in [0.15, 0.2) is 11.1 Å². The molecule has 0 bridgehead atoms. The zero-order chi connectivity index (χ0) is 18.4. The van der Waals surface area contributed by atoms with Crippen LogP contribution in [0.1, 0.15) is 59.8 Å². The van der Waals surface area contributed by atoms with Gasteiger partial charge in [0.05, 0.1) is 0 Å². The van der Waals surface area contributed by atoms with Crippen molar-refractivity contribution in [3.05, 3.63) is 11.1 Å². The molecule has 3 aliphatic carbocycles. The Morgan fingerprint density at radius 2 is 1.80 bits per heavy atom. The van der Waals surface area contributed by atoms with Crippen molar-refractivity contribution in [3.63, 3.8) is 0 Å². The highest BCUT2D eigenvalue weighted by atomic mass is 16.6. The van der Waals surface area contributed by atoms with Crippen LogP contribution in [0.5, 0.6) is 0 Å². The van der Waals surface area contributed by atoms with Crippen LogP contribution < -0.4 is 0 Å². The van der Waals surface area contributed by atoms with Crippen molar-refractivity contribution < 1.29 is 24.9 Å². The molecule has 25 heavy (non-hydrogen) atoms. The summed E-state index contributed by atoms with van der Waals surface area (Å²) in [6.07, 6.45) is 1.40. The lowest BCUT2D eigenvalue weighted by Crippen LogP contribution is -2.71. The van der Waals surface area contributed by atoms with Crippen LogP contribution in [0, 0.1) is 22.7 Å². The van der Waals surface area contributed by atoms with Gasteiger partial charge in [-0.2, -0.15) is 0 Å². The number of ether oxygens (including phenoxy) is 1. The highest BCUT2D eigenvalue weighted by Crippen LogP contribution is 2.65. The monoisotopic (exact) mass is 350 g/mol. The Morgan fingerprint density at radius 3 is 2.48 bits per heavy atom. The summed E-state index contributed by atoms with van der Waals surface area (Å²) in [5.74, 6) is -0.628. The van der Waals surface area contributed by atoms with E-state index in [1.54, 1.807) is 6.92 Å². The van der Waals surface area contributed by atoms with Crippen molar-refractivity contribution in [2.24, 2.45) is 22.7 Å². The molecule has 1 heterocycles. The number of carbonyl (C=O) groups excluding carboxylic acids is 1. The minimum atomic E-state index is -1.40. The van der Waals surface area contributed by atoms with Gasteiger partial charge in [0.25, 0.3) is 0 Å². The highest BCUT2D eigenvalue weighted by Gasteiger charge is 2.69. The number of rotatable bonds is 0. The van der Waals surface area contributed by atoms with Crippen LogP contribution in [0.2, 0.25) is 0 Å². The largest absolute Gasteiger partial charge is 0.452 e. The van der Waals surface area contributed by atoms with Crippen molar-refractivity contribution >= 4 is 5.97 Å². The molecule has 0 spiro atoms. The number of hydrogen-bond acceptors (Lipinski definition) is 5. The van der Waals surface area contributed by atoms with Crippen molar-refractivity contribution in [1.29, 1.82) is 0 Å². The van der Waals surface area contributed by atoms with E-state index in [2.05, 4.69) is 20.8 Å². The fourth-order valence-electron chi connectivity index (χ4n) is 7.01. The van der Waals surface area contributed by atoms with Gasteiger partial charge < -0.3 is 20.1 Å². The molecule has 3 N–H and O–H groups in total. The summed E-state index contributed by atoms with van der Waals surface area (Å²) < 4.78 is 5.40. The van der Waals surface area contributed by atoms with Gasteiger partial charge in [0.1, 0.15) is 17.8 Å². The Kier molecular flexibility index (Phi) is 3.56. The smallest absolute Gasteiger partial charge is 0.334 e. The molecule has 3 saturated carbocycles. The Labute approximate surface area is 149 Å². The highest BCUT2D eigenvalue weighted by molar-refractivity contribution is 5.92. The van der Waals surface area contributed by atoms with Crippen molar-refractivity contribution in [1.82, 2.24) is 0 Å². The van der Waals surface area contributed by atoms with E-state index in [9.17, 15) is 20.1 Å². The molecule has 0 radical (unpaired) electrons. The number of esters is 1. The fourth-order valence-corrected chi connectivity index (χ4v) is 7.01. The number of fused-ring (bicyclic) bond motifs is 4. The Hall–Kier alpha value is -0.910. The van der Waals surface area contributed by atoms with Gasteiger partial charge in [0, 0.05) is 17.1 Å². The summed E-state index contributed by atoms with van der Waals surface area (Å²) >= 11 is 0. The molecule has 0 aromatic heterocycles. The SMILES string of the molecule is CC1=C2C(OC1=O)[C@H](O)[C@H]1[C@]3(C)CCCC(C)(C)[C@H]3CC[C@]1(O)[C@@H]2O. The van der Waals surface area contributed by atoms with E-state index in [-0.39, 0.29) is 10.8 Å². The van der Waals surface area contributed by atoms with Gasteiger partial charge in [0.15, 0.2) is 6.10 Å². The van der Waals surface area contributed by atoms with E-state index in [0.29, 0.717) is 23.5 Å². The molecule has 3 fully saturated rings. The van der Waals surface area contributed by atoms with Crippen LogP contribution >= 0.6 is 0 Å². The minimum Gasteiger partial charge on any atom is -0.452 e. The number of aliphatic hydroxyl groups is 3. The van der Waals surface area contributed by atoms with Crippen molar-refractivity contribution in [2.45, 2.75) is 83.7 Å². The molecular weight excluding hydrogens is 320 g/mol. The molecule has 0 aromatic rings. The summed E-state index contributed by atoms with van der Waals surface area (Å²) in [7, 11) is 0. The van der Waals surface area contributed by atoms with Gasteiger partial charge in [0.2, 0.25) is 0 Å². The molecule has 4 aliphatic rings. The molecule has 0 amide bonds. The molecule has 4 rings (SSSR count). The third kappa shape index (κ3) is 2.03. The average Bonchev–Trinajstić information content (AvgIpc) is 2.80. The van der Waals surface area contributed by atoms with Crippen molar-refractivity contribution in [2.75, 3.05) is 0 Å². The lowest BCUT2D eigenvalue weighted by Gasteiger charge is -2.65. The molecule has 5 heteroatoms. The molecule has 1 unspecified atom stereocenters. The normalized spacial score (nSPS) is 51.5. The van der Waals surface area contributed by atoms with Gasteiger partial charge >= 0.3 is 5.97 Å². The Bertz CT molecular complexity index is 652. The predicted molar refractivity (Wildman–Crippen MR) is 91.5 cm³/mol. The third-order valence-corrected chi connectivity index (χ3v) is 8.06. The average molecular weight is 350 g/mol. The molecule has 1 aliphatic heterocycles. The summed E-state index contributed by atoms with van der Waals surface area (Å²) in [5, 5.41) is 33.8. The topological polar surface area (TPSA) is 87.0 Å². The first-order valence-electron chi connectivity index (χ1n) is 9.54. The summed E-state index contributed by atoms with van der Waals surface area (Å²) in [6.45, 7) is 8.31. The lowest BCUT2D eigenvalue weighted by atomic mass is 9.42. The van der Waals surface area contributed by atoms with E-state index >= 15 is 0 Å². The molecule has 0 saturated heterocycles. The van der Waals surface area contributed by atoms with Crippen LogP contribution in [0.3, 0.4) is 0 Å². The van der Waals surface area contributed by atoms with E-state index in [1.165, 1.54) is 0 Å². The number of aliphatic hydroxyl groups excluding tert-OH is 2. The molecule has 0 aromatic carbocycles. The molecule has 140 valence electrons. The summed E-state index contributed by atoms with van der Waals surface area (Å²) in [6, 6.07) is 0. The second-order valence-corrected chi connectivity index (χ2v) is 9.71. The van der Waals surface area contributed by atoms with Crippen molar-refractivity contribution in [3.8, 4) is 0 Å². The predicted octanol–water partition coefficient (Wildman–Crippen LogP) is 1.94. The lowest BCUT2D eigenvalue weighted by molar-refractivity contribution is -0.259. The van der Waals surface area contributed by atoms with Crippen LogP contribution in [-0.2, 0) is 9.53 Å². The first-order valence-corrected chi connectivity index (χ1v) is 9.54. The molecule has 7 atom stereocenters. The van der Waals surface area contributed by atoms with Gasteiger partial charge in [-0.25, -0.2) is 4.79 Å². The molecular formula is C20H30O5. The summed E-state index contributed by atoms with van der Waals surface area (Å²) in [4.78, 5) is 12.0. The van der Waals surface area contributed by atoms with Crippen LogP contribution in [0.4, 0.5) is 0 Å². The van der Waals surface area contributed by atoms with E-state index in [1.807, 2.05) is 0 Å². The van der Waals surface area contributed by atoms with Gasteiger partial charge in [-0.3, -0.25) is 0 Å². The minimum absolute atomic E-state index is 0.136. The first-order chi connectivity index (χ1) is 11.5. The number of carbonyl (C=O) groups is 1. The van der Waals surface area contributed by atoms with Crippen LogP contribution in [0.25, 0.3) is 0 Å². The Morgan fingerprint density at radius 1 is 1.12 bits per heavy atom. The maximum atomic E-state index is 12.0. The maximum Gasteiger partial charge on any atom is 0.334 e. The van der Waals surface area contributed by atoms with E-state index < -0.39 is 35.8 Å². The standard InChI is InChI=1S/C20H30O5/c1-10-12-14(25-17(10)23)13(21)15-19(4)8-5-7-18(2,3)11(19)6-9-20(15,24)16(12)22/h11,13-16,21-22,24H,5-9H2,1-4H3/t11-,13+,14?,15+,16-,19-,20-/m1/s1. The number of hydrogen-bond donors (Lipinski definition) is 3. The zero-order valence-electron chi connectivity index (χ0n) is 15.6. The first kappa shape index (κ1) is 17.5. The third-order valence-electron chi connectivity index (χ3n) is 8.06. The van der Waals surface area contributed by atoms with Gasteiger partial charge in [-0.1, -0.05) is 27.2 Å². The maximum absolute atomic E-state index is 12.0. The van der Waals surface area contributed by atoms with E-state index in [4.69, 9.17) is 4.74 Å². The Balaban J connectivity index is 1.84.